The number of fused-ring (bicyclic) bond motifs is 2. The predicted molar refractivity (Wildman–Crippen MR) is 107 cm³/mol. The zero-order valence-corrected chi connectivity index (χ0v) is 17.2. The maximum absolute atomic E-state index is 12.0. The van der Waals surface area contributed by atoms with E-state index in [2.05, 4.69) is 46.8 Å². The van der Waals surface area contributed by atoms with Crippen LogP contribution in [0, 0.1) is 19.8 Å². The van der Waals surface area contributed by atoms with Crippen molar-refractivity contribution in [3.8, 4) is 0 Å². The van der Waals surface area contributed by atoms with Crippen LogP contribution in [0.5, 0.6) is 0 Å². The number of rotatable bonds is 3. The number of imidazole rings is 1. The number of piperidine rings is 1. The maximum Gasteiger partial charge on any atom is 0.219 e. The molecule has 0 aromatic carbocycles. The number of aryl methyl sites for hydroxylation is 2. The first-order valence-electron chi connectivity index (χ1n) is 9.99. The van der Waals surface area contributed by atoms with Crippen molar-refractivity contribution < 1.29 is 9.59 Å². The minimum absolute atomic E-state index is 0.0167. The van der Waals surface area contributed by atoms with Crippen molar-refractivity contribution >= 4 is 17.5 Å². The van der Waals surface area contributed by atoms with Crippen LogP contribution in [-0.4, -0.2) is 62.7 Å². The standard InChI is InChI=1S/C21H29N5O2/c1-14-6-5-8-26-19(15(2)22-20(14)26)12-24-9-7-21(23-16(3)27)13-25(17(4)28)11-18(21)10-24/h5-6,8,18H,7,9-13H2,1-4H3,(H,23,27)/t18-,21-/m1/s1. The third-order valence-electron chi connectivity index (χ3n) is 6.44. The normalized spacial score (nSPS) is 25.1. The Morgan fingerprint density at radius 2 is 2.07 bits per heavy atom. The van der Waals surface area contributed by atoms with Gasteiger partial charge in [-0.1, -0.05) is 6.07 Å². The van der Waals surface area contributed by atoms with Crippen molar-refractivity contribution in [2.24, 2.45) is 5.92 Å². The lowest BCUT2D eigenvalue weighted by Crippen LogP contribution is -2.60. The first-order chi connectivity index (χ1) is 13.3. The summed E-state index contributed by atoms with van der Waals surface area (Å²) in [7, 11) is 0. The quantitative estimate of drug-likeness (QED) is 0.872. The molecule has 4 rings (SSSR count). The van der Waals surface area contributed by atoms with E-state index in [0.717, 1.165) is 37.4 Å². The molecule has 0 radical (unpaired) electrons. The molecule has 150 valence electrons. The Kier molecular flexibility index (Phi) is 4.65. The molecule has 0 bridgehead atoms. The number of carbonyl (C=O) groups excluding carboxylic acids is 2. The van der Waals surface area contributed by atoms with Gasteiger partial charge in [-0.2, -0.15) is 0 Å². The average molecular weight is 383 g/mol. The SMILES string of the molecule is CC(=O)N[C@@]12CCN(Cc3c(C)nc4c(C)cccn34)C[C@@H]1CN(C(C)=O)C2. The van der Waals surface area contributed by atoms with Gasteiger partial charge in [0.2, 0.25) is 11.8 Å². The number of amides is 2. The molecule has 2 saturated heterocycles. The number of hydrogen-bond acceptors (Lipinski definition) is 4. The van der Waals surface area contributed by atoms with Crippen LogP contribution in [0.25, 0.3) is 5.65 Å². The van der Waals surface area contributed by atoms with E-state index >= 15 is 0 Å². The summed E-state index contributed by atoms with van der Waals surface area (Å²) in [5.74, 6) is 0.311. The summed E-state index contributed by atoms with van der Waals surface area (Å²) in [6, 6.07) is 4.15. The Balaban J connectivity index is 1.57. The molecule has 7 heteroatoms. The molecule has 2 amide bonds. The highest BCUT2D eigenvalue weighted by Crippen LogP contribution is 2.36. The van der Waals surface area contributed by atoms with Gasteiger partial charge in [0.05, 0.1) is 16.9 Å². The monoisotopic (exact) mass is 383 g/mol. The number of pyridine rings is 1. The minimum Gasteiger partial charge on any atom is -0.349 e. The molecule has 0 saturated carbocycles. The summed E-state index contributed by atoms with van der Waals surface area (Å²) in [4.78, 5) is 32.9. The van der Waals surface area contributed by atoms with Crippen LogP contribution >= 0.6 is 0 Å². The Labute approximate surface area is 165 Å². The zero-order chi connectivity index (χ0) is 20.1. The summed E-state index contributed by atoms with van der Waals surface area (Å²) in [6.07, 6.45) is 2.94. The Morgan fingerprint density at radius 1 is 1.29 bits per heavy atom. The van der Waals surface area contributed by atoms with E-state index in [1.807, 2.05) is 4.90 Å². The summed E-state index contributed by atoms with van der Waals surface area (Å²) < 4.78 is 2.19. The number of carbonyl (C=O) groups is 2. The van der Waals surface area contributed by atoms with Crippen LogP contribution in [0.2, 0.25) is 0 Å². The second-order valence-electron chi connectivity index (χ2n) is 8.45. The van der Waals surface area contributed by atoms with Gasteiger partial charge in [0, 0.05) is 58.7 Å². The van der Waals surface area contributed by atoms with Gasteiger partial charge in [-0.25, -0.2) is 4.98 Å². The fraction of sp³-hybridized carbons (Fsp3) is 0.571. The number of likely N-dealkylation sites (tertiary alicyclic amines) is 2. The highest BCUT2D eigenvalue weighted by Gasteiger charge is 2.50. The second kappa shape index (κ2) is 6.88. The lowest BCUT2D eigenvalue weighted by molar-refractivity contribution is -0.128. The van der Waals surface area contributed by atoms with Crippen LogP contribution in [0.3, 0.4) is 0 Å². The maximum atomic E-state index is 12.0. The van der Waals surface area contributed by atoms with Crippen LogP contribution in [0.4, 0.5) is 0 Å². The number of hydrogen-bond donors (Lipinski definition) is 1. The van der Waals surface area contributed by atoms with E-state index in [9.17, 15) is 9.59 Å². The fourth-order valence-corrected chi connectivity index (χ4v) is 4.96. The highest BCUT2D eigenvalue weighted by atomic mass is 16.2. The van der Waals surface area contributed by atoms with Crippen LogP contribution in [0.15, 0.2) is 18.3 Å². The summed E-state index contributed by atoms with van der Waals surface area (Å²) >= 11 is 0. The minimum atomic E-state index is -0.293. The van der Waals surface area contributed by atoms with Crippen LogP contribution in [-0.2, 0) is 16.1 Å². The van der Waals surface area contributed by atoms with Crippen molar-refractivity contribution in [2.45, 2.75) is 46.2 Å². The molecule has 2 aromatic rings. The molecule has 0 unspecified atom stereocenters. The Hall–Kier alpha value is -2.41. The topological polar surface area (TPSA) is 70.0 Å². The fourth-order valence-electron chi connectivity index (χ4n) is 4.96. The molecule has 4 heterocycles. The molecule has 2 aromatic heterocycles. The molecule has 0 aliphatic carbocycles. The van der Waals surface area contributed by atoms with Crippen molar-refractivity contribution in [3.05, 3.63) is 35.3 Å². The van der Waals surface area contributed by atoms with E-state index in [0.29, 0.717) is 13.1 Å². The van der Waals surface area contributed by atoms with Gasteiger partial charge >= 0.3 is 0 Å². The van der Waals surface area contributed by atoms with E-state index in [1.54, 1.807) is 13.8 Å². The van der Waals surface area contributed by atoms with Crippen molar-refractivity contribution in [2.75, 3.05) is 26.2 Å². The summed E-state index contributed by atoms with van der Waals surface area (Å²) in [6.45, 7) is 11.2. The van der Waals surface area contributed by atoms with Crippen LogP contribution in [0.1, 0.15) is 37.2 Å². The third-order valence-corrected chi connectivity index (χ3v) is 6.44. The largest absolute Gasteiger partial charge is 0.349 e. The van der Waals surface area contributed by atoms with Crippen molar-refractivity contribution in [3.63, 3.8) is 0 Å². The first-order valence-corrected chi connectivity index (χ1v) is 9.99. The number of nitrogens with zero attached hydrogens (tertiary/aromatic N) is 4. The van der Waals surface area contributed by atoms with Gasteiger partial charge in [-0.3, -0.25) is 14.5 Å². The lowest BCUT2D eigenvalue weighted by atomic mass is 9.80. The second-order valence-corrected chi connectivity index (χ2v) is 8.45. The Bertz CT molecular complexity index is 936. The van der Waals surface area contributed by atoms with Crippen molar-refractivity contribution in [1.82, 2.24) is 24.5 Å². The van der Waals surface area contributed by atoms with Crippen LogP contribution < -0.4 is 5.32 Å². The third kappa shape index (κ3) is 3.17. The highest BCUT2D eigenvalue weighted by molar-refractivity contribution is 5.76. The molecule has 1 N–H and O–H groups in total. The van der Waals surface area contributed by atoms with Gasteiger partial charge in [0.15, 0.2) is 0 Å². The van der Waals surface area contributed by atoms with Crippen molar-refractivity contribution in [1.29, 1.82) is 0 Å². The van der Waals surface area contributed by atoms with E-state index in [1.165, 1.54) is 11.3 Å². The molecular formula is C21H29N5O2. The molecule has 2 atom stereocenters. The average Bonchev–Trinajstić information content (AvgIpc) is 3.14. The van der Waals surface area contributed by atoms with E-state index in [4.69, 9.17) is 4.98 Å². The van der Waals surface area contributed by atoms with Gasteiger partial charge in [-0.15, -0.1) is 0 Å². The molecule has 2 fully saturated rings. The Morgan fingerprint density at radius 3 is 2.79 bits per heavy atom. The molecular weight excluding hydrogens is 354 g/mol. The number of nitrogens with one attached hydrogen (secondary N) is 1. The van der Waals surface area contributed by atoms with Gasteiger partial charge in [0.1, 0.15) is 5.65 Å². The first kappa shape index (κ1) is 18.9. The van der Waals surface area contributed by atoms with Gasteiger partial charge in [-0.05, 0) is 31.9 Å². The molecule has 2 aliphatic heterocycles. The summed E-state index contributed by atoms with van der Waals surface area (Å²) in [5.41, 5.74) is 4.17. The predicted octanol–water partition coefficient (Wildman–Crippen LogP) is 1.51. The molecule has 2 aliphatic rings. The summed E-state index contributed by atoms with van der Waals surface area (Å²) in [5, 5.41) is 3.19. The van der Waals surface area contributed by atoms with Gasteiger partial charge in [0.25, 0.3) is 0 Å². The van der Waals surface area contributed by atoms with E-state index < -0.39 is 0 Å². The van der Waals surface area contributed by atoms with E-state index in [-0.39, 0.29) is 23.3 Å². The van der Waals surface area contributed by atoms with Gasteiger partial charge < -0.3 is 14.6 Å². The molecule has 0 spiro atoms. The molecule has 7 nitrogen and oxygen atoms in total. The zero-order valence-electron chi connectivity index (χ0n) is 17.2. The smallest absolute Gasteiger partial charge is 0.219 e. The lowest BCUT2D eigenvalue weighted by Gasteiger charge is -2.43. The molecule has 28 heavy (non-hydrogen) atoms. The number of aromatic nitrogens is 2.